The standard InChI is InChI=1S/C14H19F2N/c15-13(16)7-4-11-2-5-12(6-3-11)14(10-17)8-1-9-14/h2-3,5-6,13H,1,4,7-10,17H2. The fourth-order valence-electron chi connectivity index (χ4n) is 2.51. The summed E-state index contributed by atoms with van der Waals surface area (Å²) in [5.74, 6) is 0. The second kappa shape index (κ2) is 5.13. The van der Waals surface area contributed by atoms with E-state index in [2.05, 4.69) is 12.1 Å². The van der Waals surface area contributed by atoms with Crippen LogP contribution in [0.4, 0.5) is 8.78 Å². The van der Waals surface area contributed by atoms with Crippen LogP contribution in [0.1, 0.15) is 36.8 Å². The van der Waals surface area contributed by atoms with Crippen LogP contribution in [0.15, 0.2) is 24.3 Å². The molecule has 0 bridgehead atoms. The normalized spacial score (nSPS) is 18.1. The lowest BCUT2D eigenvalue weighted by atomic mass is 9.64. The molecule has 2 N–H and O–H groups in total. The van der Waals surface area contributed by atoms with E-state index in [4.69, 9.17) is 5.73 Å². The summed E-state index contributed by atoms with van der Waals surface area (Å²) in [6, 6.07) is 8.06. The van der Waals surface area contributed by atoms with Gasteiger partial charge in [-0.25, -0.2) is 8.78 Å². The van der Waals surface area contributed by atoms with Crippen LogP contribution in [0.3, 0.4) is 0 Å². The van der Waals surface area contributed by atoms with Crippen LogP contribution >= 0.6 is 0 Å². The molecule has 0 heterocycles. The maximum atomic E-state index is 12.1. The summed E-state index contributed by atoms with van der Waals surface area (Å²) in [5, 5.41) is 0. The third-order valence-electron chi connectivity index (χ3n) is 3.92. The molecule has 1 fully saturated rings. The molecular weight excluding hydrogens is 220 g/mol. The maximum Gasteiger partial charge on any atom is 0.239 e. The van der Waals surface area contributed by atoms with Gasteiger partial charge in [0.25, 0.3) is 0 Å². The summed E-state index contributed by atoms with van der Waals surface area (Å²) in [6.45, 7) is 0.684. The molecule has 94 valence electrons. The Labute approximate surface area is 101 Å². The van der Waals surface area contributed by atoms with Gasteiger partial charge in [-0.2, -0.15) is 0 Å². The van der Waals surface area contributed by atoms with E-state index in [0.29, 0.717) is 13.0 Å². The van der Waals surface area contributed by atoms with Gasteiger partial charge in [0.2, 0.25) is 6.43 Å². The molecule has 0 unspecified atom stereocenters. The zero-order valence-electron chi connectivity index (χ0n) is 9.96. The maximum absolute atomic E-state index is 12.1. The molecule has 0 aliphatic heterocycles. The van der Waals surface area contributed by atoms with E-state index in [1.54, 1.807) is 0 Å². The number of aryl methyl sites for hydroxylation is 1. The lowest BCUT2D eigenvalue weighted by Gasteiger charge is -2.41. The highest BCUT2D eigenvalue weighted by Gasteiger charge is 2.36. The molecule has 3 heteroatoms. The number of hydrogen-bond donors (Lipinski definition) is 1. The van der Waals surface area contributed by atoms with Gasteiger partial charge >= 0.3 is 0 Å². The second-order valence-corrected chi connectivity index (χ2v) is 4.96. The third-order valence-corrected chi connectivity index (χ3v) is 3.92. The minimum Gasteiger partial charge on any atom is -0.330 e. The van der Waals surface area contributed by atoms with E-state index in [1.165, 1.54) is 12.0 Å². The average molecular weight is 239 g/mol. The minimum absolute atomic E-state index is 0.0542. The number of benzene rings is 1. The van der Waals surface area contributed by atoms with Crippen molar-refractivity contribution in [3.05, 3.63) is 35.4 Å². The first-order valence-electron chi connectivity index (χ1n) is 6.24. The number of alkyl halides is 2. The van der Waals surface area contributed by atoms with E-state index in [-0.39, 0.29) is 11.8 Å². The minimum atomic E-state index is -2.21. The van der Waals surface area contributed by atoms with E-state index < -0.39 is 6.43 Å². The highest BCUT2D eigenvalue weighted by Crippen LogP contribution is 2.42. The lowest BCUT2D eigenvalue weighted by molar-refractivity contribution is 0.138. The van der Waals surface area contributed by atoms with Gasteiger partial charge in [0.05, 0.1) is 0 Å². The van der Waals surface area contributed by atoms with Crippen molar-refractivity contribution >= 4 is 0 Å². The summed E-state index contributed by atoms with van der Waals surface area (Å²) < 4.78 is 24.2. The summed E-state index contributed by atoms with van der Waals surface area (Å²) in [6.07, 6.45) is 1.73. The Morgan fingerprint density at radius 1 is 1.18 bits per heavy atom. The topological polar surface area (TPSA) is 26.0 Å². The highest BCUT2D eigenvalue weighted by molar-refractivity contribution is 5.31. The fraction of sp³-hybridized carbons (Fsp3) is 0.571. The average Bonchev–Trinajstić information content (AvgIpc) is 2.27. The van der Waals surface area contributed by atoms with Crippen molar-refractivity contribution in [2.75, 3.05) is 6.54 Å². The van der Waals surface area contributed by atoms with Crippen molar-refractivity contribution in [3.8, 4) is 0 Å². The van der Waals surface area contributed by atoms with Crippen LogP contribution < -0.4 is 5.73 Å². The number of nitrogens with two attached hydrogens (primary N) is 1. The number of hydrogen-bond acceptors (Lipinski definition) is 1. The van der Waals surface area contributed by atoms with Gasteiger partial charge in [0.1, 0.15) is 0 Å². The van der Waals surface area contributed by atoms with Crippen molar-refractivity contribution in [3.63, 3.8) is 0 Å². The lowest BCUT2D eigenvalue weighted by Crippen LogP contribution is -2.41. The van der Waals surface area contributed by atoms with Crippen LogP contribution in [-0.2, 0) is 11.8 Å². The van der Waals surface area contributed by atoms with E-state index in [9.17, 15) is 8.78 Å². The van der Waals surface area contributed by atoms with Crippen LogP contribution in [-0.4, -0.2) is 13.0 Å². The SMILES string of the molecule is NCC1(c2ccc(CCC(F)F)cc2)CCC1. The van der Waals surface area contributed by atoms with Crippen molar-refractivity contribution in [2.24, 2.45) is 5.73 Å². The number of halogens is 2. The van der Waals surface area contributed by atoms with Crippen molar-refractivity contribution < 1.29 is 8.78 Å². The van der Waals surface area contributed by atoms with Gasteiger partial charge in [0.15, 0.2) is 0 Å². The first kappa shape index (κ1) is 12.5. The van der Waals surface area contributed by atoms with E-state index >= 15 is 0 Å². The highest BCUT2D eigenvalue weighted by atomic mass is 19.3. The van der Waals surface area contributed by atoms with Gasteiger partial charge in [-0.1, -0.05) is 30.7 Å². The smallest absolute Gasteiger partial charge is 0.239 e. The van der Waals surface area contributed by atoms with Gasteiger partial charge < -0.3 is 5.73 Å². The molecule has 1 aromatic rings. The zero-order valence-corrected chi connectivity index (χ0v) is 9.96. The molecule has 0 amide bonds. The summed E-state index contributed by atoms with van der Waals surface area (Å²) in [7, 11) is 0. The molecule has 2 rings (SSSR count). The Balaban J connectivity index is 2.02. The van der Waals surface area contributed by atoms with Gasteiger partial charge in [0, 0.05) is 18.4 Å². The second-order valence-electron chi connectivity index (χ2n) is 4.96. The molecule has 1 aromatic carbocycles. The van der Waals surface area contributed by atoms with Crippen molar-refractivity contribution in [1.29, 1.82) is 0 Å². The quantitative estimate of drug-likeness (QED) is 0.838. The summed E-state index contributed by atoms with van der Waals surface area (Å²) >= 11 is 0. The Morgan fingerprint density at radius 2 is 1.82 bits per heavy atom. The van der Waals surface area contributed by atoms with E-state index in [1.807, 2.05) is 12.1 Å². The monoisotopic (exact) mass is 239 g/mol. The Kier molecular flexibility index (Phi) is 3.77. The van der Waals surface area contributed by atoms with Gasteiger partial charge in [-0.3, -0.25) is 0 Å². The molecule has 0 spiro atoms. The van der Waals surface area contributed by atoms with E-state index in [0.717, 1.165) is 18.4 Å². The van der Waals surface area contributed by atoms with Crippen LogP contribution in [0.5, 0.6) is 0 Å². The van der Waals surface area contributed by atoms with Crippen LogP contribution in [0.2, 0.25) is 0 Å². The Hall–Kier alpha value is -0.960. The molecule has 1 saturated carbocycles. The van der Waals surface area contributed by atoms with Gasteiger partial charge in [-0.15, -0.1) is 0 Å². The molecule has 0 aromatic heterocycles. The summed E-state index contributed by atoms with van der Waals surface area (Å²) in [5.41, 5.74) is 8.26. The molecular formula is C14H19F2N. The number of rotatable bonds is 5. The Bertz CT molecular complexity index is 349. The van der Waals surface area contributed by atoms with Crippen molar-refractivity contribution in [1.82, 2.24) is 0 Å². The predicted molar refractivity (Wildman–Crippen MR) is 65.4 cm³/mol. The molecule has 0 atom stereocenters. The van der Waals surface area contributed by atoms with Crippen LogP contribution in [0, 0.1) is 0 Å². The fourth-order valence-corrected chi connectivity index (χ4v) is 2.51. The molecule has 1 nitrogen and oxygen atoms in total. The third kappa shape index (κ3) is 2.65. The molecule has 17 heavy (non-hydrogen) atoms. The first-order chi connectivity index (χ1) is 8.16. The zero-order chi connectivity index (χ0) is 12.3. The van der Waals surface area contributed by atoms with Crippen LogP contribution in [0.25, 0.3) is 0 Å². The molecule has 1 aliphatic carbocycles. The molecule has 1 aliphatic rings. The summed E-state index contributed by atoms with van der Waals surface area (Å²) in [4.78, 5) is 0. The predicted octanol–water partition coefficient (Wildman–Crippen LogP) is 3.26. The molecule has 0 radical (unpaired) electrons. The van der Waals surface area contributed by atoms with Crippen molar-refractivity contribution in [2.45, 2.75) is 43.9 Å². The largest absolute Gasteiger partial charge is 0.330 e. The van der Waals surface area contributed by atoms with Gasteiger partial charge in [-0.05, 0) is 30.4 Å². The molecule has 0 saturated heterocycles. The Morgan fingerprint density at radius 3 is 2.24 bits per heavy atom. The first-order valence-corrected chi connectivity index (χ1v) is 6.24.